The number of carboxylic acids is 2. The Kier molecular flexibility index (Phi) is 8.21. The smallest absolute Gasteiger partial charge is 0.478 e. The van der Waals surface area contributed by atoms with Gasteiger partial charge < -0.3 is 25.2 Å². The van der Waals surface area contributed by atoms with E-state index < -0.39 is 24.2 Å². The Morgan fingerprint density at radius 3 is 2.00 bits per heavy atom. The van der Waals surface area contributed by atoms with Crippen LogP contribution in [0, 0.1) is 0 Å². The van der Waals surface area contributed by atoms with Gasteiger partial charge in [-0.3, -0.25) is 0 Å². The molecule has 0 aliphatic heterocycles. The van der Waals surface area contributed by atoms with E-state index >= 15 is 0 Å². The van der Waals surface area contributed by atoms with Crippen LogP contribution in [0.3, 0.4) is 0 Å². The van der Waals surface area contributed by atoms with Crippen LogP contribution in [0.4, 0.5) is 4.79 Å². The SMILES string of the molecule is C=C(C(=O)O)C(O)Cc1ccccc1.O=C(O)Oc1ccccc1C(=O)O. The lowest BCUT2D eigenvalue weighted by Crippen LogP contribution is -2.19. The van der Waals surface area contributed by atoms with Crippen molar-refractivity contribution in [2.75, 3.05) is 0 Å². The first-order valence-electron chi connectivity index (χ1n) is 7.59. The minimum absolute atomic E-state index is 0.172. The Bertz CT molecular complexity index is 813. The van der Waals surface area contributed by atoms with E-state index in [1.807, 2.05) is 30.3 Å². The average Bonchev–Trinajstić information content (AvgIpc) is 2.62. The third-order valence-corrected chi connectivity index (χ3v) is 3.26. The molecule has 1 unspecified atom stereocenters. The topological polar surface area (TPSA) is 141 Å². The fraction of sp³-hybridized carbons (Fsp3) is 0.105. The summed E-state index contributed by atoms with van der Waals surface area (Å²) in [7, 11) is 0. The molecular weight excluding hydrogens is 356 g/mol. The molecule has 0 aliphatic carbocycles. The summed E-state index contributed by atoms with van der Waals surface area (Å²) >= 11 is 0. The number of aromatic carboxylic acids is 1. The maximum Gasteiger partial charge on any atom is 0.511 e. The standard InChI is InChI=1S/C11H12O3.C8H6O5/c1-8(11(13)14)10(12)7-9-5-3-2-4-6-9;9-7(10)5-3-1-2-4-6(5)13-8(11)12/h2-6,10,12H,1,7H2,(H,13,14);1-4H,(H,9,10)(H,11,12). The van der Waals surface area contributed by atoms with Crippen LogP contribution in [0.5, 0.6) is 5.75 Å². The molecule has 2 aromatic rings. The quantitative estimate of drug-likeness (QED) is 0.343. The number of aliphatic carboxylic acids is 1. The predicted octanol–water partition coefficient (Wildman–Crippen LogP) is 2.67. The summed E-state index contributed by atoms with van der Waals surface area (Å²) < 4.78 is 4.24. The summed E-state index contributed by atoms with van der Waals surface area (Å²) in [4.78, 5) is 31.1. The van der Waals surface area contributed by atoms with Crippen molar-refractivity contribution in [3.05, 3.63) is 77.9 Å². The molecule has 0 radical (unpaired) electrons. The van der Waals surface area contributed by atoms with Gasteiger partial charge >= 0.3 is 18.1 Å². The van der Waals surface area contributed by atoms with Crippen molar-refractivity contribution in [1.82, 2.24) is 0 Å². The van der Waals surface area contributed by atoms with E-state index in [0.29, 0.717) is 0 Å². The number of hydrogen-bond donors (Lipinski definition) is 4. The fourth-order valence-electron chi connectivity index (χ4n) is 1.93. The minimum Gasteiger partial charge on any atom is -0.478 e. The second-order valence-electron chi connectivity index (χ2n) is 5.21. The van der Waals surface area contributed by atoms with Gasteiger partial charge in [-0.15, -0.1) is 0 Å². The van der Waals surface area contributed by atoms with Crippen LogP contribution in [0.1, 0.15) is 15.9 Å². The number of para-hydroxylation sites is 1. The number of carboxylic acid groups (broad SMARTS) is 3. The first-order valence-corrected chi connectivity index (χ1v) is 7.59. The van der Waals surface area contributed by atoms with Gasteiger partial charge in [-0.25, -0.2) is 14.4 Å². The Morgan fingerprint density at radius 1 is 0.926 bits per heavy atom. The van der Waals surface area contributed by atoms with Crippen LogP contribution in [0.2, 0.25) is 0 Å². The molecule has 0 saturated heterocycles. The normalized spacial score (nSPS) is 10.7. The maximum absolute atomic E-state index is 10.5. The van der Waals surface area contributed by atoms with Gasteiger partial charge in [-0.05, 0) is 17.7 Å². The third-order valence-electron chi connectivity index (χ3n) is 3.26. The van der Waals surface area contributed by atoms with Crippen LogP contribution >= 0.6 is 0 Å². The van der Waals surface area contributed by atoms with Crippen molar-refractivity contribution in [2.45, 2.75) is 12.5 Å². The molecule has 142 valence electrons. The van der Waals surface area contributed by atoms with E-state index in [-0.39, 0.29) is 23.3 Å². The molecule has 2 rings (SSSR count). The number of rotatable bonds is 6. The molecule has 0 aromatic heterocycles. The highest BCUT2D eigenvalue weighted by Crippen LogP contribution is 2.17. The maximum atomic E-state index is 10.5. The van der Waals surface area contributed by atoms with Crippen molar-refractivity contribution in [2.24, 2.45) is 0 Å². The van der Waals surface area contributed by atoms with Crippen LogP contribution in [-0.2, 0) is 11.2 Å². The second kappa shape index (κ2) is 10.4. The molecule has 0 aliphatic rings. The average molecular weight is 374 g/mol. The first-order chi connectivity index (χ1) is 12.7. The molecule has 27 heavy (non-hydrogen) atoms. The third kappa shape index (κ3) is 7.41. The molecule has 0 spiro atoms. The summed E-state index contributed by atoms with van der Waals surface area (Å²) in [5, 5.41) is 34.9. The van der Waals surface area contributed by atoms with Gasteiger partial charge in [0.25, 0.3) is 0 Å². The van der Waals surface area contributed by atoms with Crippen molar-refractivity contribution in [1.29, 1.82) is 0 Å². The van der Waals surface area contributed by atoms with Crippen molar-refractivity contribution in [3.63, 3.8) is 0 Å². The summed E-state index contributed by atoms with van der Waals surface area (Å²) in [6.45, 7) is 3.30. The first kappa shape index (κ1) is 21.4. The van der Waals surface area contributed by atoms with E-state index in [4.69, 9.17) is 15.3 Å². The van der Waals surface area contributed by atoms with Crippen molar-refractivity contribution in [3.8, 4) is 5.75 Å². The van der Waals surface area contributed by atoms with Crippen LogP contribution in [-0.4, -0.2) is 44.6 Å². The van der Waals surface area contributed by atoms with Crippen molar-refractivity contribution < 1.29 is 39.5 Å². The van der Waals surface area contributed by atoms with Crippen LogP contribution < -0.4 is 4.74 Å². The summed E-state index contributed by atoms with van der Waals surface area (Å²) in [6.07, 6.45) is -2.27. The monoisotopic (exact) mass is 374 g/mol. The van der Waals surface area contributed by atoms with Crippen molar-refractivity contribution >= 4 is 18.1 Å². The van der Waals surface area contributed by atoms with Crippen LogP contribution in [0.25, 0.3) is 0 Å². The molecule has 0 fully saturated rings. The number of aliphatic hydroxyl groups is 1. The zero-order chi connectivity index (χ0) is 20.4. The van der Waals surface area contributed by atoms with Gasteiger partial charge in [0.15, 0.2) is 0 Å². The summed E-state index contributed by atoms with van der Waals surface area (Å²) in [5.41, 5.74) is 0.543. The highest BCUT2D eigenvalue weighted by atomic mass is 16.7. The summed E-state index contributed by atoms with van der Waals surface area (Å²) in [6, 6.07) is 14.7. The highest BCUT2D eigenvalue weighted by Gasteiger charge is 2.15. The number of carbonyl (C=O) groups is 3. The van der Waals surface area contributed by atoms with E-state index in [1.54, 1.807) is 0 Å². The molecule has 8 nitrogen and oxygen atoms in total. The Hall–Kier alpha value is -3.65. The van der Waals surface area contributed by atoms with E-state index in [2.05, 4.69) is 11.3 Å². The highest BCUT2D eigenvalue weighted by molar-refractivity contribution is 5.91. The largest absolute Gasteiger partial charge is 0.511 e. The minimum atomic E-state index is -1.53. The van der Waals surface area contributed by atoms with E-state index in [0.717, 1.165) is 5.56 Å². The lowest BCUT2D eigenvalue weighted by atomic mass is 10.0. The predicted molar refractivity (Wildman–Crippen MR) is 95.0 cm³/mol. The lowest BCUT2D eigenvalue weighted by molar-refractivity contribution is -0.133. The lowest BCUT2D eigenvalue weighted by Gasteiger charge is -2.09. The molecule has 0 heterocycles. The van der Waals surface area contributed by atoms with E-state index in [9.17, 15) is 19.5 Å². The fourth-order valence-corrected chi connectivity index (χ4v) is 1.93. The molecule has 2 aromatic carbocycles. The number of benzene rings is 2. The van der Waals surface area contributed by atoms with Crippen LogP contribution in [0.15, 0.2) is 66.7 Å². The van der Waals surface area contributed by atoms with Gasteiger partial charge in [0, 0.05) is 6.42 Å². The molecule has 1 atom stereocenters. The molecular formula is C19H18O8. The van der Waals surface area contributed by atoms with Gasteiger partial charge in [-0.1, -0.05) is 49.0 Å². The zero-order valence-corrected chi connectivity index (χ0v) is 14.1. The van der Waals surface area contributed by atoms with Gasteiger partial charge in [-0.2, -0.15) is 0 Å². The number of aliphatic hydroxyl groups excluding tert-OH is 1. The molecule has 8 heteroatoms. The molecule has 0 amide bonds. The Balaban J connectivity index is 0.000000271. The zero-order valence-electron chi connectivity index (χ0n) is 14.1. The van der Waals surface area contributed by atoms with Gasteiger partial charge in [0.1, 0.15) is 11.3 Å². The van der Waals surface area contributed by atoms with E-state index in [1.165, 1.54) is 24.3 Å². The Morgan fingerprint density at radius 2 is 1.48 bits per heavy atom. The number of hydrogen-bond acceptors (Lipinski definition) is 5. The number of ether oxygens (including phenoxy) is 1. The Labute approximate surface area is 154 Å². The molecule has 0 saturated carbocycles. The molecule has 0 bridgehead atoms. The summed E-state index contributed by atoms with van der Waals surface area (Å²) in [5.74, 6) is -2.56. The van der Waals surface area contributed by atoms with Gasteiger partial charge in [0.2, 0.25) is 0 Å². The second-order valence-corrected chi connectivity index (χ2v) is 5.21. The molecule has 4 N–H and O–H groups in total. The van der Waals surface area contributed by atoms with Gasteiger partial charge in [0.05, 0.1) is 11.7 Å².